The van der Waals surface area contributed by atoms with Gasteiger partial charge in [-0.05, 0) is 43.9 Å². The van der Waals surface area contributed by atoms with Gasteiger partial charge in [0.05, 0.1) is 18.9 Å². The van der Waals surface area contributed by atoms with Crippen LogP contribution >= 0.6 is 0 Å². The molecule has 4 aliphatic rings. The molecule has 5 rings (SSSR count). The molecule has 3 aliphatic carbocycles. The van der Waals surface area contributed by atoms with Crippen molar-refractivity contribution in [2.24, 2.45) is 17.3 Å². The van der Waals surface area contributed by atoms with Crippen LogP contribution < -0.4 is 0 Å². The first-order chi connectivity index (χ1) is 11.3. The SMILES string of the molecule is CC1(C)OCc2c(C(=O)OCCC3=CC[C@H]4C[C@@H]3C4(C)C)n[nH]c21. The van der Waals surface area contributed by atoms with Crippen LogP contribution in [0.4, 0.5) is 0 Å². The van der Waals surface area contributed by atoms with Gasteiger partial charge in [-0.1, -0.05) is 25.5 Å². The van der Waals surface area contributed by atoms with Crippen molar-refractivity contribution in [1.82, 2.24) is 10.2 Å². The second-order valence-electron chi connectivity index (χ2n) is 8.43. The Balaban J connectivity index is 1.36. The van der Waals surface area contributed by atoms with Crippen LogP contribution in [0.3, 0.4) is 0 Å². The highest BCUT2D eigenvalue weighted by atomic mass is 16.5. The highest BCUT2D eigenvalue weighted by Gasteiger charge is 2.50. The maximum absolute atomic E-state index is 12.4. The number of ether oxygens (including phenoxy) is 2. The fraction of sp³-hybridized carbons (Fsp3) is 0.684. The lowest BCUT2D eigenvalue weighted by Gasteiger charge is -2.56. The first kappa shape index (κ1) is 15.9. The molecule has 130 valence electrons. The van der Waals surface area contributed by atoms with Crippen LogP contribution in [0.2, 0.25) is 0 Å². The van der Waals surface area contributed by atoms with Gasteiger partial charge in [-0.15, -0.1) is 0 Å². The van der Waals surface area contributed by atoms with E-state index in [1.54, 1.807) is 0 Å². The molecule has 2 heterocycles. The normalized spacial score (nSPS) is 28.8. The zero-order chi connectivity index (χ0) is 17.1. The number of carbonyl (C=O) groups is 1. The third-order valence-corrected chi connectivity index (χ3v) is 6.45. The van der Waals surface area contributed by atoms with Gasteiger partial charge in [0.1, 0.15) is 5.60 Å². The van der Waals surface area contributed by atoms with E-state index in [1.807, 2.05) is 13.8 Å². The predicted octanol–water partition coefficient (Wildman–Crippen LogP) is 3.71. The Kier molecular flexibility index (Phi) is 3.43. The van der Waals surface area contributed by atoms with Gasteiger partial charge in [0.2, 0.25) is 0 Å². The van der Waals surface area contributed by atoms with Crippen LogP contribution in [0.5, 0.6) is 0 Å². The van der Waals surface area contributed by atoms with Crippen LogP contribution in [0, 0.1) is 17.3 Å². The molecule has 1 fully saturated rings. The number of carbonyl (C=O) groups excluding carboxylic acids is 1. The molecule has 0 spiro atoms. The van der Waals surface area contributed by atoms with Crippen molar-refractivity contribution in [2.45, 2.75) is 59.2 Å². The average Bonchev–Trinajstić information content (AvgIpc) is 3.09. The highest BCUT2D eigenvalue weighted by Crippen LogP contribution is 2.59. The van der Waals surface area contributed by atoms with E-state index in [9.17, 15) is 4.79 Å². The van der Waals surface area contributed by atoms with Crippen LogP contribution in [0.1, 0.15) is 68.7 Å². The Morgan fingerprint density at radius 2 is 2.21 bits per heavy atom. The molecule has 5 nitrogen and oxygen atoms in total. The molecule has 0 amide bonds. The molecule has 5 heteroatoms. The van der Waals surface area contributed by atoms with Crippen molar-refractivity contribution < 1.29 is 14.3 Å². The Morgan fingerprint density at radius 1 is 1.42 bits per heavy atom. The first-order valence-corrected chi connectivity index (χ1v) is 8.88. The smallest absolute Gasteiger partial charge is 0.359 e. The molecule has 0 radical (unpaired) electrons. The van der Waals surface area contributed by atoms with Crippen molar-refractivity contribution in [3.8, 4) is 0 Å². The van der Waals surface area contributed by atoms with E-state index < -0.39 is 5.60 Å². The van der Waals surface area contributed by atoms with Gasteiger partial charge in [-0.2, -0.15) is 5.10 Å². The monoisotopic (exact) mass is 330 g/mol. The zero-order valence-corrected chi connectivity index (χ0v) is 14.9. The molecule has 2 bridgehead atoms. The lowest BCUT2D eigenvalue weighted by atomic mass is 9.48. The molecule has 1 aliphatic heterocycles. The summed E-state index contributed by atoms with van der Waals surface area (Å²) in [6.07, 6.45) is 5.67. The largest absolute Gasteiger partial charge is 0.461 e. The predicted molar refractivity (Wildman–Crippen MR) is 89.4 cm³/mol. The van der Waals surface area contributed by atoms with E-state index >= 15 is 0 Å². The lowest BCUT2D eigenvalue weighted by Crippen LogP contribution is -2.48. The molecule has 1 N–H and O–H groups in total. The first-order valence-electron chi connectivity index (χ1n) is 8.88. The molecule has 1 aromatic heterocycles. The van der Waals surface area contributed by atoms with Crippen LogP contribution in [-0.2, 0) is 21.7 Å². The van der Waals surface area contributed by atoms with Gasteiger partial charge in [0.25, 0.3) is 0 Å². The van der Waals surface area contributed by atoms with Crippen molar-refractivity contribution in [3.05, 3.63) is 28.6 Å². The number of nitrogens with zero attached hydrogens (tertiary/aromatic N) is 1. The van der Waals surface area contributed by atoms with Gasteiger partial charge < -0.3 is 9.47 Å². The number of aromatic amines is 1. The van der Waals surface area contributed by atoms with E-state index in [0.29, 0.717) is 30.2 Å². The van der Waals surface area contributed by atoms with E-state index in [2.05, 4.69) is 30.1 Å². The second-order valence-corrected chi connectivity index (χ2v) is 8.43. The van der Waals surface area contributed by atoms with Crippen LogP contribution in [0.15, 0.2) is 11.6 Å². The molecule has 0 unspecified atom stereocenters. The summed E-state index contributed by atoms with van der Waals surface area (Å²) in [4.78, 5) is 12.4. The topological polar surface area (TPSA) is 64.2 Å². The summed E-state index contributed by atoms with van der Waals surface area (Å²) in [7, 11) is 0. The Morgan fingerprint density at radius 3 is 2.92 bits per heavy atom. The van der Waals surface area contributed by atoms with Gasteiger partial charge in [0, 0.05) is 12.0 Å². The van der Waals surface area contributed by atoms with E-state index in [1.165, 1.54) is 18.4 Å². The van der Waals surface area contributed by atoms with Crippen LogP contribution in [-0.4, -0.2) is 22.8 Å². The average molecular weight is 330 g/mol. The maximum Gasteiger partial charge on any atom is 0.359 e. The highest BCUT2D eigenvalue weighted by molar-refractivity contribution is 5.89. The number of nitrogens with one attached hydrogen (secondary N) is 1. The summed E-state index contributed by atoms with van der Waals surface area (Å²) < 4.78 is 11.2. The van der Waals surface area contributed by atoms with E-state index in [0.717, 1.165) is 23.6 Å². The minimum Gasteiger partial charge on any atom is -0.461 e. The van der Waals surface area contributed by atoms with Gasteiger partial charge in [0.15, 0.2) is 5.69 Å². The molecule has 1 aromatic rings. The second kappa shape index (κ2) is 5.19. The Labute approximate surface area is 142 Å². The molecular weight excluding hydrogens is 304 g/mol. The fourth-order valence-corrected chi connectivity index (χ4v) is 4.58. The van der Waals surface area contributed by atoms with Crippen molar-refractivity contribution in [1.29, 1.82) is 0 Å². The van der Waals surface area contributed by atoms with Crippen molar-refractivity contribution in [3.63, 3.8) is 0 Å². The summed E-state index contributed by atoms with van der Waals surface area (Å²) in [5.74, 6) is 1.15. The number of rotatable bonds is 4. The number of fused-ring (bicyclic) bond motifs is 2. The summed E-state index contributed by atoms with van der Waals surface area (Å²) >= 11 is 0. The number of hydrogen-bond donors (Lipinski definition) is 1. The molecule has 0 saturated heterocycles. The summed E-state index contributed by atoms with van der Waals surface area (Å²) in [5, 5.41) is 7.08. The number of hydrogen-bond acceptors (Lipinski definition) is 4. The fourth-order valence-electron chi connectivity index (χ4n) is 4.58. The number of H-pyrrole nitrogens is 1. The van der Waals surface area contributed by atoms with Gasteiger partial charge >= 0.3 is 5.97 Å². The summed E-state index contributed by atoms with van der Waals surface area (Å²) in [6.45, 7) is 9.49. The van der Waals surface area contributed by atoms with E-state index in [4.69, 9.17) is 9.47 Å². The minimum atomic E-state index is -0.417. The van der Waals surface area contributed by atoms with Gasteiger partial charge in [-0.25, -0.2) is 4.79 Å². The Bertz CT molecular complexity index is 714. The number of allylic oxidation sites excluding steroid dienone is 1. The Hall–Kier alpha value is -1.62. The molecule has 0 aromatic carbocycles. The standard InChI is InChI=1S/C19H26N2O3/c1-18(2)12-6-5-11(14(18)9-12)7-8-23-17(22)15-13-10-24-19(3,4)16(13)21-20-15/h5,12,14H,6-10H2,1-4H3,(H,20,21)/t12-,14-/m0/s1. The molecule has 24 heavy (non-hydrogen) atoms. The number of esters is 1. The summed E-state index contributed by atoms with van der Waals surface area (Å²) in [6, 6.07) is 0. The lowest BCUT2D eigenvalue weighted by molar-refractivity contribution is -0.0122. The van der Waals surface area contributed by atoms with E-state index in [-0.39, 0.29) is 5.97 Å². The molecule has 2 atom stereocenters. The maximum atomic E-state index is 12.4. The molecular formula is C19H26N2O3. The van der Waals surface area contributed by atoms with Gasteiger partial charge in [-0.3, -0.25) is 5.10 Å². The third-order valence-electron chi connectivity index (χ3n) is 6.45. The summed E-state index contributed by atoms with van der Waals surface area (Å²) in [5.41, 5.74) is 3.56. The minimum absolute atomic E-state index is 0.351. The van der Waals surface area contributed by atoms with Crippen LogP contribution in [0.25, 0.3) is 0 Å². The zero-order valence-electron chi connectivity index (χ0n) is 14.9. The quantitative estimate of drug-likeness (QED) is 0.675. The molecule has 1 saturated carbocycles. The number of aromatic nitrogens is 2. The van der Waals surface area contributed by atoms with Crippen molar-refractivity contribution >= 4 is 5.97 Å². The third kappa shape index (κ3) is 2.25. The van der Waals surface area contributed by atoms with Crippen molar-refractivity contribution in [2.75, 3.05) is 6.61 Å².